The Morgan fingerprint density at radius 2 is 1.50 bits per heavy atom. The molecule has 2 N–H and O–H groups in total. The summed E-state index contributed by atoms with van der Waals surface area (Å²) in [5, 5.41) is 17.2. The van der Waals surface area contributed by atoms with Crippen molar-refractivity contribution < 1.29 is 19.8 Å². The van der Waals surface area contributed by atoms with Gasteiger partial charge in [-0.25, -0.2) is 0 Å². The molecule has 14 heavy (non-hydrogen) atoms. The number of carboxylic acid groups (broad SMARTS) is 2. The van der Waals surface area contributed by atoms with Gasteiger partial charge in [0.1, 0.15) is 0 Å². The second kappa shape index (κ2) is 5.59. The highest BCUT2D eigenvalue weighted by atomic mass is 16.4. The summed E-state index contributed by atoms with van der Waals surface area (Å²) >= 11 is 0. The molecule has 0 aromatic carbocycles. The molecule has 0 fully saturated rings. The number of nitrogens with zero attached hydrogens (tertiary/aromatic N) is 1. The quantitative estimate of drug-likeness (QED) is 0.662. The fourth-order valence-electron chi connectivity index (χ4n) is 1.18. The maximum atomic E-state index is 10.5. The van der Waals surface area contributed by atoms with E-state index in [-0.39, 0.29) is 18.9 Å². The van der Waals surface area contributed by atoms with Crippen LogP contribution in [0.2, 0.25) is 0 Å². The van der Waals surface area contributed by atoms with Crippen molar-refractivity contribution in [3.63, 3.8) is 0 Å². The molecule has 5 nitrogen and oxygen atoms in total. The molecule has 0 atom stereocenters. The molecule has 0 aliphatic rings. The van der Waals surface area contributed by atoms with Crippen LogP contribution in [0, 0.1) is 0 Å². The lowest BCUT2D eigenvalue weighted by Crippen LogP contribution is -2.39. The van der Waals surface area contributed by atoms with Crippen LogP contribution in [0.1, 0.15) is 26.7 Å². The predicted molar refractivity (Wildman–Crippen MR) is 51.2 cm³/mol. The SMILES string of the molecule is CC(C)N(C)C(CC(=O)O)CC(=O)O. The van der Waals surface area contributed by atoms with E-state index in [9.17, 15) is 9.59 Å². The van der Waals surface area contributed by atoms with Gasteiger partial charge in [0.15, 0.2) is 0 Å². The van der Waals surface area contributed by atoms with E-state index in [4.69, 9.17) is 10.2 Å². The monoisotopic (exact) mass is 203 g/mol. The van der Waals surface area contributed by atoms with E-state index >= 15 is 0 Å². The number of hydrogen-bond acceptors (Lipinski definition) is 3. The van der Waals surface area contributed by atoms with E-state index in [1.807, 2.05) is 13.8 Å². The maximum Gasteiger partial charge on any atom is 0.304 e. The third kappa shape index (κ3) is 4.81. The minimum absolute atomic E-state index is 0.138. The van der Waals surface area contributed by atoms with E-state index in [1.54, 1.807) is 11.9 Å². The first-order chi connectivity index (χ1) is 6.34. The highest BCUT2D eigenvalue weighted by molar-refractivity contribution is 5.71. The summed E-state index contributed by atoms with van der Waals surface area (Å²) in [6, 6.07) is -0.302. The molecule has 0 spiro atoms. The summed E-state index contributed by atoms with van der Waals surface area (Å²) in [5.41, 5.74) is 0. The minimum Gasteiger partial charge on any atom is -0.481 e. The fraction of sp³-hybridized carbons (Fsp3) is 0.778. The maximum absolute atomic E-state index is 10.5. The Labute approximate surface area is 83.3 Å². The van der Waals surface area contributed by atoms with Crippen LogP contribution in [-0.4, -0.2) is 46.2 Å². The van der Waals surface area contributed by atoms with Gasteiger partial charge in [-0.3, -0.25) is 14.5 Å². The largest absolute Gasteiger partial charge is 0.481 e. The average Bonchev–Trinajstić information content (AvgIpc) is 1.99. The predicted octanol–water partition coefficient (Wildman–Crippen LogP) is 0.645. The zero-order chi connectivity index (χ0) is 11.3. The van der Waals surface area contributed by atoms with Crippen LogP contribution in [0.25, 0.3) is 0 Å². The Balaban J connectivity index is 4.37. The van der Waals surface area contributed by atoms with Crippen molar-refractivity contribution >= 4 is 11.9 Å². The van der Waals surface area contributed by atoms with Crippen LogP contribution in [0.3, 0.4) is 0 Å². The van der Waals surface area contributed by atoms with Crippen LogP contribution in [-0.2, 0) is 9.59 Å². The van der Waals surface area contributed by atoms with Gasteiger partial charge in [-0.15, -0.1) is 0 Å². The molecule has 0 saturated carbocycles. The van der Waals surface area contributed by atoms with Crippen molar-refractivity contribution in [2.75, 3.05) is 7.05 Å². The van der Waals surface area contributed by atoms with Gasteiger partial charge in [-0.1, -0.05) is 0 Å². The second-order valence-corrected chi connectivity index (χ2v) is 3.61. The third-order valence-corrected chi connectivity index (χ3v) is 2.21. The van der Waals surface area contributed by atoms with Crippen molar-refractivity contribution in [1.82, 2.24) is 4.90 Å². The fourth-order valence-corrected chi connectivity index (χ4v) is 1.18. The molecule has 0 amide bonds. The van der Waals surface area contributed by atoms with Gasteiger partial charge in [-0.2, -0.15) is 0 Å². The lowest BCUT2D eigenvalue weighted by Gasteiger charge is -2.29. The van der Waals surface area contributed by atoms with Crippen LogP contribution in [0.5, 0.6) is 0 Å². The molecule has 5 heteroatoms. The standard InChI is InChI=1S/C9H17NO4/c1-6(2)10(3)7(4-8(11)12)5-9(13)14/h6-7H,4-5H2,1-3H3,(H,11,12)(H,13,14). The van der Waals surface area contributed by atoms with Gasteiger partial charge in [0.25, 0.3) is 0 Å². The molecule has 0 aromatic heterocycles. The van der Waals surface area contributed by atoms with Crippen molar-refractivity contribution in [3.05, 3.63) is 0 Å². The molecule has 0 unspecified atom stereocenters. The highest BCUT2D eigenvalue weighted by Crippen LogP contribution is 2.10. The molecule has 0 bridgehead atoms. The van der Waals surface area contributed by atoms with Crippen molar-refractivity contribution in [1.29, 1.82) is 0 Å². The second-order valence-electron chi connectivity index (χ2n) is 3.61. The van der Waals surface area contributed by atoms with Gasteiger partial charge < -0.3 is 10.2 Å². The zero-order valence-corrected chi connectivity index (χ0v) is 8.73. The van der Waals surface area contributed by atoms with Crippen LogP contribution < -0.4 is 0 Å². The molecule has 0 radical (unpaired) electrons. The third-order valence-electron chi connectivity index (χ3n) is 2.21. The average molecular weight is 203 g/mol. The molecule has 0 rings (SSSR count). The normalized spacial score (nSPS) is 11.3. The summed E-state index contributed by atoms with van der Waals surface area (Å²) in [6.07, 6.45) is -0.276. The molecule has 0 aliphatic heterocycles. The number of carbonyl (C=O) groups is 2. The first kappa shape index (κ1) is 12.9. The summed E-state index contributed by atoms with van der Waals surface area (Å²) in [5.74, 6) is -1.94. The Kier molecular flexibility index (Phi) is 5.15. The first-order valence-electron chi connectivity index (χ1n) is 4.50. The molecule has 0 aliphatic carbocycles. The summed E-state index contributed by atoms with van der Waals surface area (Å²) in [4.78, 5) is 22.8. The van der Waals surface area contributed by atoms with Crippen molar-refractivity contribution in [3.8, 4) is 0 Å². The van der Waals surface area contributed by atoms with Crippen LogP contribution in [0.4, 0.5) is 0 Å². The Hall–Kier alpha value is -1.10. The van der Waals surface area contributed by atoms with E-state index in [2.05, 4.69) is 0 Å². The molecule has 0 heterocycles. The van der Waals surface area contributed by atoms with E-state index in [1.165, 1.54) is 0 Å². The summed E-state index contributed by atoms with van der Waals surface area (Å²) < 4.78 is 0. The highest BCUT2D eigenvalue weighted by Gasteiger charge is 2.22. The topological polar surface area (TPSA) is 77.8 Å². The molecule has 0 aromatic rings. The van der Waals surface area contributed by atoms with E-state index in [0.717, 1.165) is 0 Å². The summed E-state index contributed by atoms with van der Waals surface area (Å²) in [7, 11) is 1.74. The van der Waals surface area contributed by atoms with Gasteiger partial charge in [-0.05, 0) is 20.9 Å². The van der Waals surface area contributed by atoms with Crippen LogP contribution in [0.15, 0.2) is 0 Å². The Bertz CT molecular complexity index is 199. The minimum atomic E-state index is -0.969. The first-order valence-corrected chi connectivity index (χ1v) is 4.50. The Morgan fingerprint density at radius 1 is 1.14 bits per heavy atom. The summed E-state index contributed by atoms with van der Waals surface area (Å²) in [6.45, 7) is 3.80. The van der Waals surface area contributed by atoms with Crippen molar-refractivity contribution in [2.45, 2.75) is 38.8 Å². The van der Waals surface area contributed by atoms with E-state index < -0.39 is 18.0 Å². The van der Waals surface area contributed by atoms with Crippen molar-refractivity contribution in [2.24, 2.45) is 0 Å². The Morgan fingerprint density at radius 3 is 1.71 bits per heavy atom. The van der Waals surface area contributed by atoms with E-state index in [0.29, 0.717) is 0 Å². The van der Waals surface area contributed by atoms with Gasteiger partial charge in [0.2, 0.25) is 0 Å². The number of hydrogen-bond donors (Lipinski definition) is 2. The number of aliphatic carboxylic acids is 2. The lowest BCUT2D eigenvalue weighted by molar-refractivity contribution is -0.141. The lowest BCUT2D eigenvalue weighted by atomic mass is 10.1. The van der Waals surface area contributed by atoms with Crippen LogP contribution >= 0.6 is 0 Å². The number of carboxylic acids is 2. The molecular weight excluding hydrogens is 186 g/mol. The van der Waals surface area contributed by atoms with Gasteiger partial charge >= 0.3 is 11.9 Å². The molecular formula is C9H17NO4. The van der Waals surface area contributed by atoms with Gasteiger partial charge in [0.05, 0.1) is 12.8 Å². The molecule has 0 saturated heterocycles. The molecule has 82 valence electrons. The number of rotatable bonds is 6. The smallest absolute Gasteiger partial charge is 0.304 e. The van der Waals surface area contributed by atoms with Gasteiger partial charge in [0, 0.05) is 12.1 Å². The zero-order valence-electron chi connectivity index (χ0n) is 8.73.